The summed E-state index contributed by atoms with van der Waals surface area (Å²) in [7, 11) is 0. The Bertz CT molecular complexity index is 1220. The van der Waals surface area contributed by atoms with Crippen LogP contribution in [0.4, 0.5) is 17.1 Å². The third-order valence-corrected chi connectivity index (χ3v) is 5.70. The fourth-order valence-corrected chi connectivity index (χ4v) is 3.91. The smallest absolute Gasteiger partial charge is 0.272 e. The van der Waals surface area contributed by atoms with Gasteiger partial charge in [-0.15, -0.1) is 0 Å². The van der Waals surface area contributed by atoms with Gasteiger partial charge >= 0.3 is 0 Å². The molecule has 1 aliphatic rings. The van der Waals surface area contributed by atoms with E-state index in [9.17, 15) is 19.7 Å². The van der Waals surface area contributed by atoms with E-state index in [4.69, 9.17) is 11.6 Å². The summed E-state index contributed by atoms with van der Waals surface area (Å²) in [4.78, 5) is 37.5. The zero-order valence-corrected chi connectivity index (χ0v) is 18.1. The van der Waals surface area contributed by atoms with Gasteiger partial charge in [-0.1, -0.05) is 23.7 Å². The minimum Gasteiger partial charge on any atom is -0.322 e. The van der Waals surface area contributed by atoms with Crippen molar-refractivity contribution in [1.29, 1.82) is 0 Å². The number of fused-ring (bicyclic) bond motifs is 1. The normalized spacial score (nSPS) is 12.9. The van der Waals surface area contributed by atoms with Gasteiger partial charge in [-0.2, -0.15) is 0 Å². The topological polar surface area (TPSA) is 92.6 Å². The van der Waals surface area contributed by atoms with Crippen LogP contribution in [0.3, 0.4) is 0 Å². The molecule has 0 unspecified atom stereocenters. The van der Waals surface area contributed by atoms with Crippen LogP contribution < -0.4 is 10.2 Å². The molecule has 0 spiro atoms. The number of carbonyl (C=O) groups is 2. The van der Waals surface area contributed by atoms with Gasteiger partial charge in [0.1, 0.15) is 0 Å². The third-order valence-electron chi connectivity index (χ3n) is 5.45. The Morgan fingerprint density at radius 3 is 2.53 bits per heavy atom. The van der Waals surface area contributed by atoms with Gasteiger partial charge in [0.15, 0.2) is 0 Å². The second-order valence-electron chi connectivity index (χ2n) is 7.66. The summed E-state index contributed by atoms with van der Waals surface area (Å²) in [5, 5.41) is 14.5. The highest BCUT2D eigenvalue weighted by Gasteiger charge is 2.25. The van der Waals surface area contributed by atoms with Gasteiger partial charge in [-0.05, 0) is 66.9 Å². The largest absolute Gasteiger partial charge is 0.322 e. The lowest BCUT2D eigenvalue weighted by molar-refractivity contribution is -0.385. The summed E-state index contributed by atoms with van der Waals surface area (Å²) in [5.74, 6) is -0.307. The lowest BCUT2D eigenvalue weighted by Gasteiger charge is -2.30. The molecule has 162 valence electrons. The molecule has 0 aromatic heterocycles. The highest BCUT2D eigenvalue weighted by Crippen LogP contribution is 2.32. The number of anilines is 2. The van der Waals surface area contributed by atoms with Crippen molar-refractivity contribution in [3.63, 3.8) is 0 Å². The molecule has 32 heavy (non-hydrogen) atoms. The molecule has 0 atom stereocenters. The molecule has 1 aliphatic heterocycles. The molecule has 0 saturated carbocycles. The van der Waals surface area contributed by atoms with E-state index in [0.29, 0.717) is 41.2 Å². The van der Waals surface area contributed by atoms with Crippen molar-refractivity contribution in [3.8, 4) is 0 Å². The van der Waals surface area contributed by atoms with E-state index in [2.05, 4.69) is 5.32 Å². The van der Waals surface area contributed by atoms with Crippen molar-refractivity contribution in [3.05, 3.63) is 98.1 Å². The van der Waals surface area contributed by atoms with Crippen LogP contribution in [-0.4, -0.2) is 16.7 Å². The monoisotopic (exact) mass is 449 g/mol. The fraction of sp³-hybridized carbons (Fsp3) is 0.167. The molecule has 7 nitrogen and oxygen atoms in total. The number of hydrogen-bond acceptors (Lipinski definition) is 4. The number of nitrogens with zero attached hydrogens (tertiary/aromatic N) is 2. The van der Waals surface area contributed by atoms with Crippen LogP contribution in [0.15, 0.2) is 60.7 Å². The SMILES string of the molecule is Cc1cc(C(=O)Nc2ccc3c(c2)CCC(=O)N3Cc2ccc(Cl)cc2)ccc1[N+](=O)[O-]. The second-order valence-corrected chi connectivity index (χ2v) is 8.10. The highest BCUT2D eigenvalue weighted by atomic mass is 35.5. The maximum absolute atomic E-state index is 12.6. The first kappa shape index (κ1) is 21.5. The molecule has 3 aromatic carbocycles. The Kier molecular flexibility index (Phi) is 5.92. The van der Waals surface area contributed by atoms with Crippen LogP contribution >= 0.6 is 11.6 Å². The lowest BCUT2D eigenvalue weighted by atomic mass is 9.99. The Morgan fingerprint density at radius 2 is 1.84 bits per heavy atom. The molecule has 0 saturated heterocycles. The van der Waals surface area contributed by atoms with Gasteiger partial charge < -0.3 is 10.2 Å². The fourth-order valence-electron chi connectivity index (χ4n) is 3.79. The number of hydrogen-bond donors (Lipinski definition) is 1. The Balaban J connectivity index is 1.54. The molecule has 3 aromatic rings. The Morgan fingerprint density at radius 1 is 1.09 bits per heavy atom. The molecular weight excluding hydrogens is 430 g/mol. The molecule has 0 radical (unpaired) electrons. The molecule has 8 heteroatoms. The molecule has 0 fully saturated rings. The first-order valence-electron chi connectivity index (χ1n) is 10.1. The number of carbonyl (C=O) groups excluding carboxylic acids is 2. The number of nitrogens with one attached hydrogen (secondary N) is 1. The second kappa shape index (κ2) is 8.80. The van der Waals surface area contributed by atoms with Crippen molar-refractivity contribution in [1.82, 2.24) is 0 Å². The zero-order chi connectivity index (χ0) is 22.8. The van der Waals surface area contributed by atoms with Crippen molar-refractivity contribution in [2.24, 2.45) is 0 Å². The Hall–Kier alpha value is -3.71. The summed E-state index contributed by atoms with van der Waals surface area (Å²) in [6, 6.07) is 17.1. The van der Waals surface area contributed by atoms with Crippen molar-refractivity contribution < 1.29 is 14.5 Å². The van der Waals surface area contributed by atoms with Gasteiger partial charge in [0, 0.05) is 40.0 Å². The van der Waals surface area contributed by atoms with E-state index in [0.717, 1.165) is 16.8 Å². The average Bonchev–Trinajstić information content (AvgIpc) is 2.76. The summed E-state index contributed by atoms with van der Waals surface area (Å²) < 4.78 is 0. The minimum absolute atomic E-state index is 0.0271. The summed E-state index contributed by atoms with van der Waals surface area (Å²) in [5.41, 5.74) is 4.10. The van der Waals surface area contributed by atoms with Crippen LogP contribution in [-0.2, 0) is 17.8 Å². The van der Waals surface area contributed by atoms with Crippen LogP contribution in [0.5, 0.6) is 0 Å². The predicted octanol–water partition coefficient (Wildman–Crippen LogP) is 5.29. The summed E-state index contributed by atoms with van der Waals surface area (Å²) in [6.45, 7) is 2.04. The van der Waals surface area contributed by atoms with E-state index in [1.807, 2.05) is 24.3 Å². The van der Waals surface area contributed by atoms with Crippen molar-refractivity contribution in [2.75, 3.05) is 10.2 Å². The molecule has 1 N–H and O–H groups in total. The number of benzene rings is 3. The van der Waals surface area contributed by atoms with Crippen molar-refractivity contribution in [2.45, 2.75) is 26.3 Å². The predicted molar refractivity (Wildman–Crippen MR) is 123 cm³/mol. The highest BCUT2D eigenvalue weighted by molar-refractivity contribution is 6.30. The van der Waals surface area contributed by atoms with Crippen LogP contribution in [0.1, 0.15) is 33.5 Å². The first-order chi connectivity index (χ1) is 15.3. The number of nitro benzene ring substituents is 1. The van der Waals surface area contributed by atoms with E-state index in [1.165, 1.54) is 18.2 Å². The van der Waals surface area contributed by atoms with E-state index in [-0.39, 0.29) is 17.5 Å². The maximum atomic E-state index is 12.6. The molecule has 0 aliphatic carbocycles. The summed E-state index contributed by atoms with van der Waals surface area (Å²) in [6.07, 6.45) is 0.977. The van der Waals surface area contributed by atoms with Gasteiger partial charge in [0.25, 0.3) is 11.6 Å². The average molecular weight is 450 g/mol. The summed E-state index contributed by atoms with van der Waals surface area (Å²) >= 11 is 5.95. The lowest BCUT2D eigenvalue weighted by Crippen LogP contribution is -2.34. The quantitative estimate of drug-likeness (QED) is 0.423. The maximum Gasteiger partial charge on any atom is 0.272 e. The first-order valence-corrected chi connectivity index (χ1v) is 10.4. The van der Waals surface area contributed by atoms with Gasteiger partial charge in [-0.3, -0.25) is 19.7 Å². The Labute approximate surface area is 189 Å². The molecular formula is C24H20ClN3O4. The minimum atomic E-state index is -0.475. The molecule has 0 bridgehead atoms. The number of aryl methyl sites for hydroxylation is 2. The van der Waals surface area contributed by atoms with Crippen molar-refractivity contribution >= 4 is 40.5 Å². The van der Waals surface area contributed by atoms with E-state index < -0.39 is 4.92 Å². The van der Waals surface area contributed by atoms with Gasteiger partial charge in [0.2, 0.25) is 5.91 Å². The number of rotatable bonds is 5. The van der Waals surface area contributed by atoms with Gasteiger partial charge in [0.05, 0.1) is 11.5 Å². The zero-order valence-electron chi connectivity index (χ0n) is 17.3. The molecule has 1 heterocycles. The molecule has 4 rings (SSSR count). The van der Waals surface area contributed by atoms with Crippen LogP contribution in [0.2, 0.25) is 5.02 Å². The molecule has 2 amide bonds. The standard InChI is InChI=1S/C24H20ClN3O4/c1-15-12-18(4-9-21(15)28(31)32)24(30)26-20-8-10-22-17(13-20)5-11-23(29)27(22)14-16-2-6-19(25)7-3-16/h2-4,6-10,12-13H,5,11,14H2,1H3,(H,26,30). The van der Waals surface area contributed by atoms with Gasteiger partial charge in [-0.25, -0.2) is 0 Å². The van der Waals surface area contributed by atoms with Crippen LogP contribution in [0.25, 0.3) is 0 Å². The van der Waals surface area contributed by atoms with E-state index >= 15 is 0 Å². The van der Waals surface area contributed by atoms with E-state index in [1.54, 1.807) is 30.0 Å². The third kappa shape index (κ3) is 4.48. The number of amides is 2. The number of halogens is 1. The van der Waals surface area contributed by atoms with Crippen LogP contribution in [0, 0.1) is 17.0 Å². The number of nitro groups is 1.